The Balaban J connectivity index is 2.07. The number of aliphatic hydroxyl groups excluding tert-OH is 3. The Morgan fingerprint density at radius 1 is 1.37 bits per heavy atom. The fourth-order valence-corrected chi connectivity index (χ4v) is 2.77. The van der Waals surface area contributed by atoms with Crippen molar-refractivity contribution < 1.29 is 15.3 Å². The average molecular weight is 269 g/mol. The fourth-order valence-electron chi connectivity index (χ4n) is 2.77. The highest BCUT2D eigenvalue weighted by Crippen LogP contribution is 2.43. The normalized spacial score (nSPS) is 25.9. The second kappa shape index (κ2) is 5.98. The Morgan fingerprint density at radius 2 is 2.11 bits per heavy atom. The standard InChI is InChI=1S/C13H23N3O3/c1-2-3-4-10-7-16(15-14-10)11-5-13(8-17,9-18)6-12(11)19/h7,11-12,17-19H,2-6,8-9H2,1H3/t11-,12-/m1/s1. The van der Waals surface area contributed by atoms with Crippen LogP contribution in [-0.4, -0.2) is 49.6 Å². The molecule has 1 saturated carbocycles. The molecule has 3 N–H and O–H groups in total. The molecular weight excluding hydrogens is 246 g/mol. The van der Waals surface area contributed by atoms with E-state index in [0.29, 0.717) is 12.8 Å². The maximum atomic E-state index is 10.1. The summed E-state index contributed by atoms with van der Waals surface area (Å²) >= 11 is 0. The number of unbranched alkanes of at least 4 members (excludes halogenated alkanes) is 1. The highest BCUT2D eigenvalue weighted by molar-refractivity contribution is 5.00. The average Bonchev–Trinajstić information content (AvgIpc) is 3.01. The van der Waals surface area contributed by atoms with E-state index in [1.807, 2.05) is 6.20 Å². The topological polar surface area (TPSA) is 91.4 Å². The first-order valence-electron chi connectivity index (χ1n) is 6.94. The van der Waals surface area contributed by atoms with Gasteiger partial charge in [-0.25, -0.2) is 4.68 Å². The van der Waals surface area contributed by atoms with Crippen molar-refractivity contribution in [2.75, 3.05) is 13.2 Å². The van der Waals surface area contributed by atoms with Crippen molar-refractivity contribution in [1.82, 2.24) is 15.0 Å². The summed E-state index contributed by atoms with van der Waals surface area (Å²) in [6, 6.07) is -0.206. The van der Waals surface area contributed by atoms with E-state index >= 15 is 0 Å². The molecule has 6 nitrogen and oxygen atoms in total. The minimum absolute atomic E-state index is 0.117. The number of aliphatic hydroxyl groups is 3. The maximum absolute atomic E-state index is 10.1. The third-order valence-electron chi connectivity index (χ3n) is 4.08. The lowest BCUT2D eigenvalue weighted by atomic mass is 9.88. The zero-order valence-corrected chi connectivity index (χ0v) is 11.4. The number of aryl methyl sites for hydroxylation is 1. The van der Waals surface area contributed by atoms with Crippen molar-refractivity contribution in [3.05, 3.63) is 11.9 Å². The van der Waals surface area contributed by atoms with Crippen molar-refractivity contribution in [1.29, 1.82) is 0 Å². The summed E-state index contributed by atoms with van der Waals surface area (Å²) in [4.78, 5) is 0. The zero-order valence-electron chi connectivity index (χ0n) is 11.4. The third-order valence-corrected chi connectivity index (χ3v) is 4.08. The van der Waals surface area contributed by atoms with Crippen LogP contribution in [0.25, 0.3) is 0 Å². The van der Waals surface area contributed by atoms with Crippen LogP contribution in [0.5, 0.6) is 0 Å². The van der Waals surface area contributed by atoms with Crippen LogP contribution in [0, 0.1) is 5.41 Å². The van der Waals surface area contributed by atoms with Crippen LogP contribution in [0.4, 0.5) is 0 Å². The molecule has 19 heavy (non-hydrogen) atoms. The second-order valence-corrected chi connectivity index (χ2v) is 5.65. The largest absolute Gasteiger partial charge is 0.396 e. The molecule has 2 atom stereocenters. The van der Waals surface area contributed by atoms with Gasteiger partial charge in [-0.1, -0.05) is 18.6 Å². The molecular formula is C13H23N3O3. The molecule has 1 aliphatic rings. The Morgan fingerprint density at radius 3 is 2.68 bits per heavy atom. The van der Waals surface area contributed by atoms with E-state index in [0.717, 1.165) is 25.0 Å². The van der Waals surface area contributed by atoms with Crippen molar-refractivity contribution in [2.45, 2.75) is 51.2 Å². The summed E-state index contributed by atoms with van der Waals surface area (Å²) in [5.41, 5.74) is 0.333. The number of aromatic nitrogens is 3. The summed E-state index contributed by atoms with van der Waals surface area (Å²) in [6.45, 7) is 1.89. The van der Waals surface area contributed by atoms with Gasteiger partial charge in [-0.2, -0.15) is 0 Å². The summed E-state index contributed by atoms with van der Waals surface area (Å²) in [6.07, 6.45) is 5.27. The second-order valence-electron chi connectivity index (χ2n) is 5.65. The first-order valence-corrected chi connectivity index (χ1v) is 6.94. The van der Waals surface area contributed by atoms with Gasteiger partial charge in [0.2, 0.25) is 0 Å². The van der Waals surface area contributed by atoms with Crippen molar-refractivity contribution >= 4 is 0 Å². The first kappa shape index (κ1) is 14.4. The van der Waals surface area contributed by atoms with Crippen LogP contribution >= 0.6 is 0 Å². The summed E-state index contributed by atoms with van der Waals surface area (Å²) < 4.78 is 1.68. The highest BCUT2D eigenvalue weighted by Gasteiger charge is 2.45. The monoisotopic (exact) mass is 269 g/mol. The molecule has 1 aromatic heterocycles. The number of hydrogen-bond acceptors (Lipinski definition) is 5. The van der Waals surface area contributed by atoms with Crippen LogP contribution in [0.3, 0.4) is 0 Å². The first-order chi connectivity index (χ1) is 9.14. The molecule has 0 bridgehead atoms. The maximum Gasteiger partial charge on any atom is 0.0827 e. The van der Waals surface area contributed by atoms with E-state index in [9.17, 15) is 15.3 Å². The lowest BCUT2D eigenvalue weighted by molar-refractivity contribution is 0.0466. The lowest BCUT2D eigenvalue weighted by Crippen LogP contribution is -2.27. The predicted molar refractivity (Wildman–Crippen MR) is 69.5 cm³/mol. The zero-order chi connectivity index (χ0) is 13.9. The molecule has 0 saturated heterocycles. The molecule has 0 aromatic carbocycles. The number of hydrogen-bond donors (Lipinski definition) is 3. The molecule has 1 heterocycles. The molecule has 108 valence electrons. The third kappa shape index (κ3) is 2.96. The Bertz CT molecular complexity index is 404. The van der Waals surface area contributed by atoms with Crippen LogP contribution in [0.15, 0.2) is 6.20 Å². The fraction of sp³-hybridized carbons (Fsp3) is 0.846. The Labute approximate surface area is 113 Å². The number of nitrogens with zero attached hydrogens (tertiary/aromatic N) is 3. The smallest absolute Gasteiger partial charge is 0.0827 e. The van der Waals surface area contributed by atoms with E-state index in [1.165, 1.54) is 0 Å². The summed E-state index contributed by atoms with van der Waals surface area (Å²) in [7, 11) is 0. The molecule has 0 aliphatic heterocycles. The van der Waals surface area contributed by atoms with Crippen molar-refractivity contribution in [3.8, 4) is 0 Å². The van der Waals surface area contributed by atoms with Gasteiger partial charge in [-0.3, -0.25) is 0 Å². The minimum Gasteiger partial charge on any atom is -0.396 e. The van der Waals surface area contributed by atoms with Crippen LogP contribution in [0.1, 0.15) is 44.3 Å². The van der Waals surface area contributed by atoms with Gasteiger partial charge in [0.25, 0.3) is 0 Å². The summed E-state index contributed by atoms with van der Waals surface area (Å²) in [5, 5.41) is 37.1. The lowest BCUT2D eigenvalue weighted by Gasteiger charge is -2.23. The van der Waals surface area contributed by atoms with Crippen LogP contribution in [-0.2, 0) is 6.42 Å². The number of rotatable bonds is 6. The molecule has 2 rings (SSSR count). The Kier molecular flexibility index (Phi) is 4.54. The van der Waals surface area contributed by atoms with E-state index in [2.05, 4.69) is 17.2 Å². The van der Waals surface area contributed by atoms with E-state index in [1.54, 1.807) is 4.68 Å². The molecule has 1 aromatic rings. The molecule has 0 unspecified atom stereocenters. The van der Waals surface area contributed by atoms with Gasteiger partial charge in [0.15, 0.2) is 0 Å². The molecule has 6 heteroatoms. The van der Waals surface area contributed by atoms with Gasteiger partial charge in [-0.05, 0) is 25.7 Å². The minimum atomic E-state index is -0.598. The summed E-state index contributed by atoms with van der Waals surface area (Å²) in [5.74, 6) is 0. The quantitative estimate of drug-likeness (QED) is 0.690. The van der Waals surface area contributed by atoms with Gasteiger partial charge < -0.3 is 15.3 Å². The molecule has 1 fully saturated rings. The van der Waals surface area contributed by atoms with E-state index in [-0.39, 0.29) is 19.3 Å². The van der Waals surface area contributed by atoms with Crippen LogP contribution < -0.4 is 0 Å². The van der Waals surface area contributed by atoms with Gasteiger partial charge in [0.05, 0.1) is 31.1 Å². The van der Waals surface area contributed by atoms with Gasteiger partial charge in [-0.15, -0.1) is 5.10 Å². The van der Waals surface area contributed by atoms with Crippen molar-refractivity contribution in [3.63, 3.8) is 0 Å². The molecule has 0 amide bonds. The van der Waals surface area contributed by atoms with Crippen LogP contribution in [0.2, 0.25) is 0 Å². The Hall–Kier alpha value is -0.980. The van der Waals surface area contributed by atoms with Gasteiger partial charge >= 0.3 is 0 Å². The predicted octanol–water partition coefficient (Wildman–Crippen LogP) is 0.287. The van der Waals surface area contributed by atoms with E-state index in [4.69, 9.17) is 0 Å². The van der Waals surface area contributed by atoms with E-state index < -0.39 is 11.5 Å². The van der Waals surface area contributed by atoms with Gasteiger partial charge in [0, 0.05) is 11.6 Å². The molecule has 1 aliphatic carbocycles. The van der Waals surface area contributed by atoms with Crippen molar-refractivity contribution in [2.24, 2.45) is 5.41 Å². The highest BCUT2D eigenvalue weighted by atomic mass is 16.3. The van der Waals surface area contributed by atoms with Gasteiger partial charge in [0.1, 0.15) is 0 Å². The SMILES string of the molecule is CCCCc1cn([C@@H]2CC(CO)(CO)C[C@H]2O)nn1. The molecule has 0 radical (unpaired) electrons. The molecule has 0 spiro atoms.